The molecule has 7 aromatic carbocycles. The molecule has 0 saturated carbocycles. The van der Waals surface area contributed by atoms with Crippen LogP contribution in [0.3, 0.4) is 0 Å². The highest BCUT2D eigenvalue weighted by molar-refractivity contribution is 7.93. The summed E-state index contributed by atoms with van der Waals surface area (Å²) >= 11 is 0. The average Bonchev–Trinajstić information content (AvgIpc) is 3.35. The second-order valence-electron chi connectivity index (χ2n) is 19.9. The van der Waals surface area contributed by atoms with Crippen LogP contribution in [0.4, 0.5) is 20.2 Å². The lowest BCUT2D eigenvalue weighted by atomic mass is 10.1. The molecule has 0 heterocycles. The van der Waals surface area contributed by atoms with Gasteiger partial charge >= 0.3 is 17.9 Å². The van der Waals surface area contributed by atoms with Gasteiger partial charge < -0.3 is 14.2 Å². The molecular weight excluding hydrogens is 999 g/mol. The van der Waals surface area contributed by atoms with Gasteiger partial charge in [0.05, 0.1) is 46.1 Å². The summed E-state index contributed by atoms with van der Waals surface area (Å²) < 4.78 is 100. The fourth-order valence-electron chi connectivity index (χ4n) is 6.82. The number of rotatable bonds is 13. The Labute approximate surface area is 439 Å². The summed E-state index contributed by atoms with van der Waals surface area (Å²) in [5, 5.41) is 0. The number of sulfonamides is 2. The van der Waals surface area contributed by atoms with Crippen molar-refractivity contribution in [2.75, 3.05) is 8.61 Å². The molecule has 0 aromatic heterocycles. The largest absolute Gasteiger partial charge is 0.456 e. The first kappa shape index (κ1) is 58.2. The molecule has 0 radical (unpaired) electrons. The number of hydrogen-bond donors (Lipinski definition) is 0. The Bertz CT molecular complexity index is 3270. The van der Waals surface area contributed by atoms with E-state index < -0.39 is 65.3 Å². The van der Waals surface area contributed by atoms with Gasteiger partial charge in [0.25, 0.3) is 20.0 Å². The third-order valence-electron chi connectivity index (χ3n) is 10.1. The maximum Gasteiger partial charge on any atom is 0.338 e. The van der Waals surface area contributed by atoms with Gasteiger partial charge in [-0.05, 0) is 152 Å². The molecule has 16 heteroatoms. The molecule has 0 saturated heterocycles. The molecule has 12 nitrogen and oxygen atoms in total. The molecule has 7 aromatic rings. The van der Waals surface area contributed by atoms with E-state index >= 15 is 0 Å². The number of carbonyl (C=O) groups excluding carboxylic acids is 3. The van der Waals surface area contributed by atoms with Crippen molar-refractivity contribution in [3.8, 4) is 0 Å². The predicted octanol–water partition coefficient (Wildman–Crippen LogP) is 13.0. The molecule has 0 aliphatic carbocycles. The maximum atomic E-state index is 14.4. The van der Waals surface area contributed by atoms with E-state index in [9.17, 15) is 40.0 Å². The van der Waals surface area contributed by atoms with Gasteiger partial charge in [-0.25, -0.2) is 40.0 Å². The van der Waals surface area contributed by atoms with Gasteiger partial charge in [-0.2, -0.15) is 0 Å². The molecule has 0 aliphatic rings. The van der Waals surface area contributed by atoms with Crippen LogP contribution in [0, 0.1) is 11.6 Å². The number of nitrogens with zero attached hydrogens (tertiary/aromatic N) is 2. The van der Waals surface area contributed by atoms with Crippen LogP contribution < -0.4 is 8.61 Å². The second kappa shape index (κ2) is 25.0. The minimum atomic E-state index is -4.25. The summed E-state index contributed by atoms with van der Waals surface area (Å²) in [4.78, 5) is 35.9. The van der Waals surface area contributed by atoms with E-state index in [1.165, 1.54) is 48.5 Å². The molecule has 75 heavy (non-hydrogen) atoms. The third kappa shape index (κ3) is 17.7. The minimum absolute atomic E-state index is 0.0114. The summed E-state index contributed by atoms with van der Waals surface area (Å²) in [7, 11) is -8.37. The van der Waals surface area contributed by atoms with Crippen LogP contribution in [0.25, 0.3) is 0 Å². The monoisotopic (exact) mass is 1060 g/mol. The van der Waals surface area contributed by atoms with Crippen LogP contribution >= 0.6 is 0 Å². The fraction of sp³-hybridized carbons (Fsp3) is 0.237. The molecule has 0 amide bonds. The van der Waals surface area contributed by atoms with Crippen molar-refractivity contribution in [3.05, 3.63) is 228 Å². The first-order valence-electron chi connectivity index (χ1n) is 23.7. The Balaban J connectivity index is 0.000000225. The van der Waals surface area contributed by atoms with Gasteiger partial charge in [0.2, 0.25) is 0 Å². The molecule has 0 fully saturated rings. The van der Waals surface area contributed by atoms with Crippen LogP contribution in [-0.4, -0.2) is 51.5 Å². The highest BCUT2D eigenvalue weighted by Crippen LogP contribution is 2.30. The quantitative estimate of drug-likeness (QED) is 0.0805. The standard InChI is InChI=1S/2C24H24FNO4S.C11H14O2/c1-24(2,3)30-23(27)19-11-7-13-21(15-19)26(17-18-9-5-4-6-10-18)31(28,29)22-14-8-12-20(25)16-22;1-24(2,3)30-23(27)19-12-9-13-20(16-19)26(17-18-10-5-4-6-11-18)31(28,29)22-15-8-7-14-21(22)25;1-11(2,3)13-10(12)9-7-5-4-6-8-9/h2*4-16H,17H2,1-3H3;4-8H,1-3H3. The van der Waals surface area contributed by atoms with E-state index in [2.05, 4.69) is 0 Å². The average molecular weight is 1060 g/mol. The summed E-state index contributed by atoms with van der Waals surface area (Å²) in [6, 6.07) is 49.4. The maximum absolute atomic E-state index is 14.4. The van der Waals surface area contributed by atoms with Crippen LogP contribution in [-0.2, 0) is 47.3 Å². The van der Waals surface area contributed by atoms with Gasteiger partial charge in [0.15, 0.2) is 0 Å². The van der Waals surface area contributed by atoms with Crippen LogP contribution in [0.15, 0.2) is 198 Å². The van der Waals surface area contributed by atoms with Crippen LogP contribution in [0.2, 0.25) is 0 Å². The molecule has 7 rings (SSSR count). The summed E-state index contributed by atoms with van der Waals surface area (Å²) in [6.07, 6.45) is 0. The number of hydrogen-bond acceptors (Lipinski definition) is 10. The lowest BCUT2D eigenvalue weighted by Gasteiger charge is -2.26. The van der Waals surface area contributed by atoms with Gasteiger partial charge in [-0.1, -0.05) is 109 Å². The van der Waals surface area contributed by atoms with Crippen molar-refractivity contribution in [2.45, 2.75) is 102 Å². The molecule has 0 unspecified atom stereocenters. The van der Waals surface area contributed by atoms with E-state index in [1.807, 2.05) is 51.1 Å². The zero-order valence-corrected chi connectivity index (χ0v) is 45.0. The Hall–Kier alpha value is -7.69. The number of halogens is 2. The molecule has 0 atom stereocenters. The topological polar surface area (TPSA) is 154 Å². The molecule has 0 bridgehead atoms. The van der Waals surface area contributed by atoms with E-state index in [-0.39, 0.29) is 46.5 Å². The lowest BCUT2D eigenvalue weighted by molar-refractivity contribution is 0.00570. The first-order valence-corrected chi connectivity index (χ1v) is 26.6. The van der Waals surface area contributed by atoms with E-state index in [4.69, 9.17) is 14.2 Å². The SMILES string of the molecule is CC(C)(C)OC(=O)c1cccc(N(Cc2ccccc2)S(=O)(=O)c2cccc(F)c2)c1.CC(C)(C)OC(=O)c1cccc(N(Cc2ccccc2)S(=O)(=O)c2ccccc2F)c1.CC(C)(C)OC(=O)c1ccccc1. The third-order valence-corrected chi connectivity index (χ3v) is 13.6. The van der Waals surface area contributed by atoms with E-state index in [0.29, 0.717) is 11.1 Å². The Kier molecular flexibility index (Phi) is 19.4. The molecule has 0 aliphatic heterocycles. The van der Waals surface area contributed by atoms with Crippen molar-refractivity contribution in [1.82, 2.24) is 0 Å². The molecule has 0 N–H and O–H groups in total. The van der Waals surface area contributed by atoms with E-state index in [1.54, 1.807) is 139 Å². The lowest BCUT2D eigenvalue weighted by Crippen LogP contribution is -2.31. The zero-order chi connectivity index (χ0) is 55.2. The van der Waals surface area contributed by atoms with Gasteiger partial charge in [-0.15, -0.1) is 0 Å². The van der Waals surface area contributed by atoms with Crippen molar-refractivity contribution in [3.63, 3.8) is 0 Å². The summed E-state index contributed by atoms with van der Waals surface area (Å²) in [6.45, 7) is 16.1. The normalized spacial score (nSPS) is 11.6. The molecule has 0 spiro atoms. The number of benzene rings is 7. The number of anilines is 2. The molecule has 394 valence electrons. The zero-order valence-electron chi connectivity index (χ0n) is 43.4. The van der Waals surface area contributed by atoms with Crippen molar-refractivity contribution in [2.24, 2.45) is 0 Å². The number of esters is 3. The Morgan fingerprint density at radius 1 is 0.413 bits per heavy atom. The number of carbonyl (C=O) groups is 3. The van der Waals surface area contributed by atoms with Crippen molar-refractivity contribution >= 4 is 49.3 Å². The first-order chi connectivity index (χ1) is 35.1. The Morgan fingerprint density at radius 3 is 1.19 bits per heavy atom. The highest BCUT2D eigenvalue weighted by Gasteiger charge is 2.30. The Morgan fingerprint density at radius 2 is 0.773 bits per heavy atom. The van der Waals surface area contributed by atoms with Crippen molar-refractivity contribution < 1.29 is 54.2 Å². The second-order valence-corrected chi connectivity index (χ2v) is 23.5. The predicted molar refractivity (Wildman–Crippen MR) is 287 cm³/mol. The van der Waals surface area contributed by atoms with E-state index in [0.717, 1.165) is 26.3 Å². The highest BCUT2D eigenvalue weighted by atomic mass is 32.2. The van der Waals surface area contributed by atoms with Gasteiger partial charge in [0, 0.05) is 0 Å². The molecular formula is C59H62F2N2O10S2. The minimum Gasteiger partial charge on any atom is -0.456 e. The summed E-state index contributed by atoms with van der Waals surface area (Å²) in [5.74, 6) is -2.89. The van der Waals surface area contributed by atoms with Gasteiger partial charge in [-0.3, -0.25) is 8.61 Å². The fourth-order valence-corrected chi connectivity index (χ4v) is 9.81. The van der Waals surface area contributed by atoms with Crippen LogP contribution in [0.1, 0.15) is 105 Å². The van der Waals surface area contributed by atoms with Gasteiger partial charge in [0.1, 0.15) is 33.3 Å². The van der Waals surface area contributed by atoms with Crippen molar-refractivity contribution in [1.29, 1.82) is 0 Å². The smallest absolute Gasteiger partial charge is 0.338 e. The number of ether oxygens (including phenoxy) is 3. The van der Waals surface area contributed by atoms with Crippen LogP contribution in [0.5, 0.6) is 0 Å². The summed E-state index contributed by atoms with van der Waals surface area (Å²) in [5.41, 5.74) is 1.17.